The molecule has 37 heavy (non-hydrogen) atoms. The lowest BCUT2D eigenvalue weighted by Gasteiger charge is -2.29. The Bertz CT molecular complexity index is 981. The molecular weight excluding hydrogens is 484 g/mol. The topological polar surface area (TPSA) is 199 Å². The minimum atomic E-state index is -1.42. The van der Waals surface area contributed by atoms with Gasteiger partial charge < -0.3 is 36.6 Å². The van der Waals surface area contributed by atoms with Gasteiger partial charge in [0.15, 0.2) is 0 Å². The predicted octanol–water partition coefficient (Wildman–Crippen LogP) is 0.218. The van der Waals surface area contributed by atoms with E-state index in [1.807, 2.05) is 13.8 Å². The first-order chi connectivity index (χ1) is 17.4. The number of nitrogens with one attached hydrogen (secondary N) is 2. The van der Waals surface area contributed by atoms with Crippen molar-refractivity contribution in [3.63, 3.8) is 0 Å². The van der Waals surface area contributed by atoms with Gasteiger partial charge in [-0.3, -0.25) is 19.2 Å². The fourth-order valence-electron chi connectivity index (χ4n) is 4.26. The summed E-state index contributed by atoms with van der Waals surface area (Å²) in [5, 5.41) is 32.6. The van der Waals surface area contributed by atoms with Crippen LogP contribution in [0.1, 0.15) is 51.5 Å². The van der Waals surface area contributed by atoms with E-state index in [-0.39, 0.29) is 30.9 Å². The molecule has 1 aromatic carbocycles. The Labute approximate surface area is 215 Å². The summed E-state index contributed by atoms with van der Waals surface area (Å²) < 4.78 is 0. The van der Waals surface area contributed by atoms with Gasteiger partial charge in [0, 0.05) is 13.0 Å². The minimum absolute atomic E-state index is 0.0293. The van der Waals surface area contributed by atoms with Gasteiger partial charge in [-0.2, -0.15) is 0 Å². The zero-order chi connectivity index (χ0) is 27.7. The molecule has 1 aromatic rings. The lowest BCUT2D eigenvalue weighted by atomic mass is 10.0. The van der Waals surface area contributed by atoms with Crippen LogP contribution in [-0.2, 0) is 30.4 Å². The quantitative estimate of drug-likeness (QED) is 0.210. The van der Waals surface area contributed by atoms with E-state index in [4.69, 9.17) is 10.8 Å². The van der Waals surface area contributed by atoms with Crippen molar-refractivity contribution in [1.82, 2.24) is 15.5 Å². The second-order valence-corrected chi connectivity index (χ2v) is 9.69. The molecule has 0 saturated carbocycles. The third kappa shape index (κ3) is 9.05. The van der Waals surface area contributed by atoms with Crippen molar-refractivity contribution >= 4 is 29.7 Å². The van der Waals surface area contributed by atoms with Crippen molar-refractivity contribution in [2.75, 3.05) is 6.54 Å². The van der Waals surface area contributed by atoms with E-state index in [0.717, 1.165) is 5.56 Å². The first-order valence-electron chi connectivity index (χ1n) is 12.3. The van der Waals surface area contributed by atoms with E-state index < -0.39 is 60.2 Å². The number of carboxylic acid groups (broad SMARTS) is 2. The molecule has 12 heteroatoms. The van der Waals surface area contributed by atoms with E-state index >= 15 is 0 Å². The summed E-state index contributed by atoms with van der Waals surface area (Å²) in [6.07, 6.45) is 0.645. The Morgan fingerprint density at radius 3 is 2.27 bits per heavy atom. The van der Waals surface area contributed by atoms with Crippen molar-refractivity contribution in [1.29, 1.82) is 0 Å². The molecule has 204 valence electrons. The van der Waals surface area contributed by atoms with Crippen molar-refractivity contribution < 1.29 is 39.3 Å². The smallest absolute Gasteiger partial charge is 0.326 e. The van der Waals surface area contributed by atoms with E-state index in [2.05, 4.69) is 10.6 Å². The number of carboxylic acids is 2. The molecule has 12 nitrogen and oxygen atoms in total. The minimum Gasteiger partial charge on any atom is -0.508 e. The van der Waals surface area contributed by atoms with E-state index in [0.29, 0.717) is 19.4 Å². The molecule has 0 aliphatic carbocycles. The number of hydrogen-bond acceptors (Lipinski definition) is 7. The predicted molar refractivity (Wildman–Crippen MR) is 132 cm³/mol. The zero-order valence-corrected chi connectivity index (χ0v) is 21.1. The van der Waals surface area contributed by atoms with Crippen LogP contribution in [0.25, 0.3) is 0 Å². The molecule has 0 bridgehead atoms. The number of likely N-dealkylation sites (tertiary alicyclic amines) is 1. The molecule has 4 atom stereocenters. The van der Waals surface area contributed by atoms with Crippen LogP contribution in [0, 0.1) is 5.92 Å². The van der Waals surface area contributed by atoms with Crippen LogP contribution in [0.15, 0.2) is 24.3 Å². The SMILES string of the molecule is CC(C)CC(NC(=O)C1CCCN1C(=O)C(N)Cc1ccc(O)cc1)C(=O)NC(CCC(=O)O)C(=O)O. The molecule has 2 rings (SSSR count). The van der Waals surface area contributed by atoms with Gasteiger partial charge in [0.2, 0.25) is 17.7 Å². The Kier molecular flexibility index (Phi) is 10.9. The van der Waals surface area contributed by atoms with Gasteiger partial charge in [0.25, 0.3) is 0 Å². The molecule has 7 N–H and O–H groups in total. The normalized spacial score (nSPS) is 17.6. The van der Waals surface area contributed by atoms with Crippen molar-refractivity contribution in [3.8, 4) is 5.75 Å². The van der Waals surface area contributed by atoms with Crippen LogP contribution in [0.4, 0.5) is 0 Å². The Morgan fingerprint density at radius 1 is 1.05 bits per heavy atom. The van der Waals surface area contributed by atoms with Crippen LogP contribution >= 0.6 is 0 Å². The van der Waals surface area contributed by atoms with Gasteiger partial charge in [-0.25, -0.2) is 4.79 Å². The lowest BCUT2D eigenvalue weighted by molar-refractivity contribution is -0.144. The third-order valence-electron chi connectivity index (χ3n) is 6.15. The van der Waals surface area contributed by atoms with Crippen molar-refractivity contribution in [2.24, 2.45) is 11.7 Å². The molecule has 1 aliphatic heterocycles. The summed E-state index contributed by atoms with van der Waals surface area (Å²) in [6.45, 7) is 4.00. The molecule has 0 aromatic heterocycles. The van der Waals surface area contributed by atoms with Crippen molar-refractivity contribution in [2.45, 2.75) is 76.5 Å². The summed E-state index contributed by atoms with van der Waals surface area (Å²) in [5.74, 6) is -4.19. The molecule has 1 aliphatic rings. The molecular formula is C25H36N4O8. The molecule has 1 saturated heterocycles. The van der Waals surface area contributed by atoms with E-state index in [1.54, 1.807) is 12.1 Å². The maximum atomic E-state index is 13.2. The number of benzene rings is 1. The number of carbonyl (C=O) groups excluding carboxylic acids is 3. The van der Waals surface area contributed by atoms with Crippen LogP contribution in [0.5, 0.6) is 5.75 Å². The lowest BCUT2D eigenvalue weighted by Crippen LogP contribution is -2.57. The van der Waals surface area contributed by atoms with Gasteiger partial charge in [-0.15, -0.1) is 0 Å². The number of phenols is 1. The fraction of sp³-hybridized carbons (Fsp3) is 0.560. The number of nitrogens with zero attached hydrogens (tertiary/aromatic N) is 1. The number of aromatic hydroxyl groups is 1. The number of aliphatic carboxylic acids is 2. The summed E-state index contributed by atoms with van der Waals surface area (Å²) in [5.41, 5.74) is 6.88. The monoisotopic (exact) mass is 520 g/mol. The highest BCUT2D eigenvalue weighted by Crippen LogP contribution is 2.20. The average molecular weight is 521 g/mol. The fourth-order valence-corrected chi connectivity index (χ4v) is 4.26. The molecule has 0 radical (unpaired) electrons. The molecule has 3 amide bonds. The Morgan fingerprint density at radius 2 is 1.70 bits per heavy atom. The number of carbonyl (C=O) groups is 5. The Balaban J connectivity index is 2.07. The second kappa shape index (κ2) is 13.6. The van der Waals surface area contributed by atoms with Gasteiger partial charge in [0.05, 0.1) is 6.04 Å². The largest absolute Gasteiger partial charge is 0.508 e. The maximum Gasteiger partial charge on any atom is 0.326 e. The highest BCUT2D eigenvalue weighted by Gasteiger charge is 2.38. The van der Waals surface area contributed by atoms with Crippen molar-refractivity contribution in [3.05, 3.63) is 29.8 Å². The molecule has 1 heterocycles. The van der Waals surface area contributed by atoms with Gasteiger partial charge in [0.1, 0.15) is 23.9 Å². The van der Waals surface area contributed by atoms with Crippen LogP contribution in [-0.4, -0.2) is 80.6 Å². The Hall–Kier alpha value is -3.67. The first kappa shape index (κ1) is 29.6. The number of nitrogens with two attached hydrogens (primary N) is 1. The molecule has 1 fully saturated rings. The van der Waals surface area contributed by atoms with E-state index in [9.17, 15) is 34.2 Å². The second-order valence-electron chi connectivity index (χ2n) is 9.69. The average Bonchev–Trinajstić information content (AvgIpc) is 3.31. The summed E-state index contributed by atoms with van der Waals surface area (Å²) in [4.78, 5) is 62.8. The number of hydrogen-bond donors (Lipinski definition) is 6. The molecule has 0 spiro atoms. The first-order valence-corrected chi connectivity index (χ1v) is 12.3. The van der Waals surface area contributed by atoms with Crippen LogP contribution < -0.4 is 16.4 Å². The summed E-state index contributed by atoms with van der Waals surface area (Å²) in [6, 6.07) is 2.09. The standard InChI is InChI=1S/C25H36N4O8/c1-14(2)12-19(22(33)27-18(25(36)37)9-10-21(31)32)28-23(34)20-4-3-11-29(20)24(35)17(26)13-15-5-7-16(30)8-6-15/h5-8,14,17-20,30H,3-4,9-13,26H2,1-2H3,(H,27,33)(H,28,34)(H,31,32)(H,36,37). The van der Waals surface area contributed by atoms with Gasteiger partial charge in [-0.1, -0.05) is 26.0 Å². The summed E-state index contributed by atoms with van der Waals surface area (Å²) >= 11 is 0. The highest BCUT2D eigenvalue weighted by molar-refractivity contribution is 5.94. The maximum absolute atomic E-state index is 13.2. The number of rotatable bonds is 13. The number of phenolic OH excluding ortho intramolecular Hbond substituents is 1. The zero-order valence-electron chi connectivity index (χ0n) is 21.1. The van der Waals surface area contributed by atoms with Crippen LogP contribution in [0.3, 0.4) is 0 Å². The van der Waals surface area contributed by atoms with Gasteiger partial charge in [-0.05, 0) is 55.7 Å². The third-order valence-corrected chi connectivity index (χ3v) is 6.15. The van der Waals surface area contributed by atoms with Crippen LogP contribution in [0.2, 0.25) is 0 Å². The number of amides is 3. The molecule has 4 unspecified atom stereocenters. The van der Waals surface area contributed by atoms with Gasteiger partial charge >= 0.3 is 11.9 Å². The highest BCUT2D eigenvalue weighted by atomic mass is 16.4. The van der Waals surface area contributed by atoms with E-state index in [1.165, 1.54) is 17.0 Å². The summed E-state index contributed by atoms with van der Waals surface area (Å²) in [7, 11) is 0.